The van der Waals surface area contributed by atoms with Crippen LogP contribution in [0.5, 0.6) is 5.75 Å². The van der Waals surface area contributed by atoms with Crippen molar-refractivity contribution in [1.82, 2.24) is 4.90 Å². The van der Waals surface area contributed by atoms with Crippen molar-refractivity contribution in [1.29, 1.82) is 0 Å². The lowest BCUT2D eigenvalue weighted by molar-refractivity contribution is -0.159. The molecule has 7 heteroatoms. The zero-order valence-corrected chi connectivity index (χ0v) is 15.3. The van der Waals surface area contributed by atoms with Gasteiger partial charge in [0.25, 0.3) is 5.91 Å². The first kappa shape index (κ1) is 19.8. The van der Waals surface area contributed by atoms with Gasteiger partial charge in [0, 0.05) is 18.5 Å². The van der Waals surface area contributed by atoms with E-state index in [1.807, 2.05) is 25.1 Å². The predicted molar refractivity (Wildman–Crippen MR) is 95.2 cm³/mol. The minimum absolute atomic E-state index is 0.00769. The van der Waals surface area contributed by atoms with Gasteiger partial charge < -0.3 is 20.1 Å². The third-order valence-corrected chi connectivity index (χ3v) is 4.58. The number of nitrogens with two attached hydrogens (primary N) is 1. The minimum Gasteiger partial charge on any atom is -0.496 e. The molecule has 2 N–H and O–H groups in total. The number of para-hydroxylation sites is 1. The zero-order valence-electron chi connectivity index (χ0n) is 15.3. The number of piperidine rings is 1. The normalized spacial score (nSPS) is 19.9. The van der Waals surface area contributed by atoms with Gasteiger partial charge >= 0.3 is 5.97 Å². The number of rotatable bonds is 8. The monoisotopic (exact) mass is 362 g/mol. The Morgan fingerprint density at radius 1 is 1.31 bits per heavy atom. The van der Waals surface area contributed by atoms with E-state index in [9.17, 15) is 14.4 Å². The summed E-state index contributed by atoms with van der Waals surface area (Å²) in [5.74, 6) is -1.18. The molecular weight excluding hydrogens is 336 g/mol. The Labute approximate surface area is 153 Å². The number of benzene rings is 1. The fourth-order valence-electron chi connectivity index (χ4n) is 3.34. The van der Waals surface area contributed by atoms with Gasteiger partial charge in [0.1, 0.15) is 5.75 Å². The molecule has 1 saturated heterocycles. The Morgan fingerprint density at radius 2 is 2.04 bits per heavy atom. The molecule has 1 aromatic carbocycles. The van der Waals surface area contributed by atoms with Crippen LogP contribution in [0.3, 0.4) is 0 Å². The smallest absolute Gasteiger partial charge is 0.311 e. The Hall–Kier alpha value is -2.57. The van der Waals surface area contributed by atoms with Crippen LogP contribution in [0.2, 0.25) is 0 Å². The van der Waals surface area contributed by atoms with Crippen molar-refractivity contribution in [3.63, 3.8) is 0 Å². The molecule has 2 rings (SSSR count). The second-order valence-corrected chi connectivity index (χ2v) is 6.35. The molecule has 0 unspecified atom stereocenters. The van der Waals surface area contributed by atoms with Crippen LogP contribution in [0.15, 0.2) is 24.3 Å². The van der Waals surface area contributed by atoms with Crippen molar-refractivity contribution in [3.05, 3.63) is 29.8 Å². The summed E-state index contributed by atoms with van der Waals surface area (Å²) in [6.07, 6.45) is 2.40. The number of esters is 1. The molecule has 142 valence electrons. The summed E-state index contributed by atoms with van der Waals surface area (Å²) in [6, 6.07) is 6.86. The van der Waals surface area contributed by atoms with Crippen molar-refractivity contribution < 1.29 is 23.9 Å². The number of amides is 2. The second kappa shape index (κ2) is 9.22. The highest BCUT2D eigenvalue weighted by atomic mass is 16.5. The number of primary amides is 1. The van der Waals surface area contributed by atoms with Crippen LogP contribution < -0.4 is 10.5 Å². The maximum Gasteiger partial charge on any atom is 0.311 e. The van der Waals surface area contributed by atoms with Crippen molar-refractivity contribution in [3.8, 4) is 5.75 Å². The van der Waals surface area contributed by atoms with Crippen LogP contribution in [-0.4, -0.2) is 42.9 Å². The van der Waals surface area contributed by atoms with Crippen LogP contribution >= 0.6 is 0 Å². The molecule has 0 saturated carbocycles. The van der Waals surface area contributed by atoms with E-state index in [2.05, 4.69) is 0 Å². The zero-order chi connectivity index (χ0) is 19.1. The number of carbonyl (C=O) groups excluding carboxylic acids is 3. The van der Waals surface area contributed by atoms with E-state index in [4.69, 9.17) is 15.2 Å². The largest absolute Gasteiger partial charge is 0.496 e. The van der Waals surface area contributed by atoms with Crippen molar-refractivity contribution in [2.45, 2.75) is 38.6 Å². The average molecular weight is 362 g/mol. The second-order valence-electron chi connectivity index (χ2n) is 6.35. The molecule has 2 atom stereocenters. The molecule has 1 aliphatic heterocycles. The van der Waals surface area contributed by atoms with E-state index in [0.717, 1.165) is 18.4 Å². The molecule has 26 heavy (non-hydrogen) atoms. The lowest BCUT2D eigenvalue weighted by atomic mass is 9.83. The molecule has 1 aliphatic rings. The highest BCUT2D eigenvalue weighted by molar-refractivity contribution is 5.84. The lowest BCUT2D eigenvalue weighted by Gasteiger charge is -2.40. The van der Waals surface area contributed by atoms with E-state index >= 15 is 0 Å². The van der Waals surface area contributed by atoms with Gasteiger partial charge in [-0.15, -0.1) is 0 Å². The molecule has 7 nitrogen and oxygen atoms in total. The minimum atomic E-state index is -0.707. The van der Waals surface area contributed by atoms with E-state index in [1.165, 1.54) is 0 Å². The highest BCUT2D eigenvalue weighted by Gasteiger charge is 2.42. The molecule has 0 aliphatic carbocycles. The highest BCUT2D eigenvalue weighted by Crippen LogP contribution is 2.41. The van der Waals surface area contributed by atoms with Crippen LogP contribution in [0.4, 0.5) is 0 Å². The molecule has 0 spiro atoms. The molecule has 1 aromatic rings. The Morgan fingerprint density at radius 3 is 2.69 bits per heavy atom. The maximum atomic E-state index is 12.6. The first-order chi connectivity index (χ1) is 12.5. The predicted octanol–water partition coefficient (Wildman–Crippen LogP) is 1.80. The molecule has 0 radical (unpaired) electrons. The van der Waals surface area contributed by atoms with Crippen LogP contribution in [0.1, 0.15) is 44.2 Å². The van der Waals surface area contributed by atoms with Gasteiger partial charge in [0.2, 0.25) is 5.91 Å². The van der Waals surface area contributed by atoms with Crippen LogP contribution in [-0.2, 0) is 19.1 Å². The number of likely N-dealkylation sites (tertiary alicyclic amines) is 1. The van der Waals surface area contributed by atoms with Gasteiger partial charge in [0.15, 0.2) is 6.61 Å². The number of hydrogen-bond acceptors (Lipinski definition) is 5. The van der Waals surface area contributed by atoms with Gasteiger partial charge in [-0.3, -0.25) is 14.4 Å². The standard InChI is InChI=1S/C19H26N2O5/c1-3-4-11-21-17(23)10-9-14(19(24)26-12-16(20)22)18(21)13-7-5-6-8-15(13)25-2/h5-8,14,18H,3-4,9-12H2,1-2H3,(H2,20,22)/t14-,18+/m1/s1. The van der Waals surface area contributed by atoms with Gasteiger partial charge in [-0.25, -0.2) is 0 Å². The van der Waals surface area contributed by atoms with Gasteiger partial charge in [-0.05, 0) is 18.9 Å². The van der Waals surface area contributed by atoms with Crippen LogP contribution in [0.25, 0.3) is 0 Å². The lowest BCUT2D eigenvalue weighted by Crippen LogP contribution is -2.46. The van der Waals surface area contributed by atoms with Gasteiger partial charge in [-0.1, -0.05) is 31.5 Å². The number of ether oxygens (including phenoxy) is 2. The topological polar surface area (TPSA) is 98.9 Å². The summed E-state index contributed by atoms with van der Waals surface area (Å²) in [4.78, 5) is 37.9. The van der Waals surface area contributed by atoms with Crippen molar-refractivity contribution >= 4 is 17.8 Å². The third-order valence-electron chi connectivity index (χ3n) is 4.58. The number of methoxy groups -OCH3 is 1. The van der Waals surface area contributed by atoms with Crippen molar-refractivity contribution in [2.75, 3.05) is 20.3 Å². The molecule has 0 aromatic heterocycles. The summed E-state index contributed by atoms with van der Waals surface area (Å²) in [5.41, 5.74) is 5.84. The summed E-state index contributed by atoms with van der Waals surface area (Å²) in [6.45, 7) is 2.14. The Bertz CT molecular complexity index is 661. The summed E-state index contributed by atoms with van der Waals surface area (Å²) < 4.78 is 10.5. The summed E-state index contributed by atoms with van der Waals surface area (Å²) in [7, 11) is 1.56. The number of nitrogens with zero attached hydrogens (tertiary/aromatic N) is 1. The Balaban J connectivity index is 2.39. The average Bonchev–Trinajstić information content (AvgIpc) is 2.64. The van der Waals surface area contributed by atoms with E-state index in [1.54, 1.807) is 18.1 Å². The fourth-order valence-corrected chi connectivity index (χ4v) is 3.34. The number of unbranched alkanes of at least 4 members (excludes halogenated alkanes) is 1. The van der Waals surface area contributed by atoms with Gasteiger partial charge in [0.05, 0.1) is 19.1 Å². The molecule has 0 bridgehead atoms. The first-order valence-corrected chi connectivity index (χ1v) is 8.86. The number of carbonyl (C=O) groups is 3. The van der Waals surface area contributed by atoms with Crippen LogP contribution in [0, 0.1) is 5.92 Å². The Kier molecular flexibility index (Phi) is 7.00. The van der Waals surface area contributed by atoms with E-state index in [0.29, 0.717) is 18.7 Å². The molecule has 1 heterocycles. The molecule has 2 amide bonds. The summed E-state index contributed by atoms with van der Waals surface area (Å²) in [5, 5.41) is 0. The fraction of sp³-hybridized carbons (Fsp3) is 0.526. The van der Waals surface area contributed by atoms with Gasteiger partial charge in [-0.2, -0.15) is 0 Å². The molecular formula is C19H26N2O5. The summed E-state index contributed by atoms with van der Waals surface area (Å²) >= 11 is 0. The number of hydrogen-bond donors (Lipinski definition) is 1. The third kappa shape index (κ3) is 4.53. The van der Waals surface area contributed by atoms with E-state index < -0.39 is 30.4 Å². The van der Waals surface area contributed by atoms with E-state index in [-0.39, 0.29) is 12.3 Å². The maximum absolute atomic E-state index is 12.6. The first-order valence-electron chi connectivity index (χ1n) is 8.86. The quantitative estimate of drug-likeness (QED) is 0.711. The van der Waals surface area contributed by atoms with Crippen molar-refractivity contribution in [2.24, 2.45) is 11.7 Å². The SMILES string of the molecule is CCCCN1C(=O)CC[C@@H](C(=O)OCC(N)=O)[C@@H]1c1ccccc1OC. The molecule has 1 fully saturated rings.